The minimum absolute atomic E-state index is 0.238. The molecular weight excluding hydrogens is 160 g/mol. The van der Waals surface area contributed by atoms with Gasteiger partial charge in [-0.1, -0.05) is 19.9 Å². The van der Waals surface area contributed by atoms with E-state index < -0.39 is 0 Å². The van der Waals surface area contributed by atoms with E-state index in [1.807, 2.05) is 6.20 Å². The predicted octanol–water partition coefficient (Wildman–Crippen LogP) is 1.84. The van der Waals surface area contributed by atoms with E-state index in [9.17, 15) is 0 Å². The minimum atomic E-state index is 0.238. The lowest BCUT2D eigenvalue weighted by atomic mass is 10.1. The fourth-order valence-electron chi connectivity index (χ4n) is 1.91. The van der Waals surface area contributed by atoms with Gasteiger partial charge in [0.05, 0.1) is 0 Å². The van der Waals surface area contributed by atoms with Crippen LogP contribution in [0.4, 0.5) is 0 Å². The van der Waals surface area contributed by atoms with Gasteiger partial charge in [0.2, 0.25) is 0 Å². The Labute approximate surface area is 79.2 Å². The maximum absolute atomic E-state index is 5.97. The summed E-state index contributed by atoms with van der Waals surface area (Å²) in [5, 5.41) is 0. The Hall–Kier alpha value is -0.890. The van der Waals surface area contributed by atoms with Crippen molar-refractivity contribution in [3.05, 3.63) is 29.6 Å². The second kappa shape index (κ2) is 2.55. The van der Waals surface area contributed by atoms with E-state index in [2.05, 4.69) is 37.9 Å². The van der Waals surface area contributed by atoms with Crippen LogP contribution in [0.3, 0.4) is 0 Å². The van der Waals surface area contributed by atoms with Crippen molar-refractivity contribution in [2.75, 3.05) is 0 Å². The van der Waals surface area contributed by atoms with Gasteiger partial charge < -0.3 is 5.73 Å². The second-order valence-electron chi connectivity index (χ2n) is 4.59. The summed E-state index contributed by atoms with van der Waals surface area (Å²) in [6, 6.07) is 4.47. The van der Waals surface area contributed by atoms with Crippen molar-refractivity contribution in [2.24, 2.45) is 11.1 Å². The van der Waals surface area contributed by atoms with Crippen LogP contribution in [0.2, 0.25) is 0 Å². The molecule has 2 atom stereocenters. The molecule has 0 radical (unpaired) electrons. The zero-order valence-corrected chi connectivity index (χ0v) is 8.41. The average molecular weight is 176 g/mol. The second-order valence-corrected chi connectivity index (χ2v) is 4.59. The van der Waals surface area contributed by atoms with Crippen molar-refractivity contribution in [3.63, 3.8) is 0 Å². The molecule has 2 heteroatoms. The number of nitrogens with two attached hydrogens (primary N) is 1. The maximum atomic E-state index is 5.97. The number of hydrogen-bond donors (Lipinski definition) is 1. The van der Waals surface area contributed by atoms with Crippen LogP contribution in [0.5, 0.6) is 0 Å². The lowest BCUT2D eigenvalue weighted by Crippen LogP contribution is -2.06. The minimum Gasteiger partial charge on any atom is -0.327 e. The summed E-state index contributed by atoms with van der Waals surface area (Å²) in [7, 11) is 0. The molecule has 1 heterocycles. The Bertz CT molecular complexity index is 313. The third-order valence-corrected chi connectivity index (χ3v) is 3.16. The standard InChI is InChI=1S/C11H16N2/c1-7-4-5-8(13-6-7)9-10(12)11(9,2)3/h4-6,9-10H,12H2,1-3H3. The number of pyridine rings is 1. The SMILES string of the molecule is Cc1ccc(C2C(N)C2(C)C)nc1. The third-order valence-electron chi connectivity index (χ3n) is 3.16. The lowest BCUT2D eigenvalue weighted by molar-refractivity contribution is 0.595. The van der Waals surface area contributed by atoms with Crippen LogP contribution in [0.1, 0.15) is 31.0 Å². The predicted molar refractivity (Wildman–Crippen MR) is 53.5 cm³/mol. The molecule has 2 nitrogen and oxygen atoms in total. The van der Waals surface area contributed by atoms with Crippen molar-refractivity contribution in [3.8, 4) is 0 Å². The summed E-state index contributed by atoms with van der Waals surface area (Å²) >= 11 is 0. The van der Waals surface area contributed by atoms with E-state index in [0.717, 1.165) is 5.69 Å². The van der Waals surface area contributed by atoms with Crippen molar-refractivity contribution < 1.29 is 0 Å². The topological polar surface area (TPSA) is 38.9 Å². The highest BCUT2D eigenvalue weighted by Gasteiger charge is 2.56. The zero-order chi connectivity index (χ0) is 9.64. The quantitative estimate of drug-likeness (QED) is 0.709. The fourth-order valence-corrected chi connectivity index (χ4v) is 1.91. The van der Waals surface area contributed by atoms with Crippen LogP contribution in [-0.4, -0.2) is 11.0 Å². The van der Waals surface area contributed by atoms with E-state index in [4.69, 9.17) is 5.73 Å². The molecule has 0 aliphatic heterocycles. The monoisotopic (exact) mass is 176 g/mol. The molecule has 1 aromatic rings. The van der Waals surface area contributed by atoms with Gasteiger partial charge in [-0.3, -0.25) is 4.98 Å². The van der Waals surface area contributed by atoms with Crippen LogP contribution in [-0.2, 0) is 0 Å². The number of nitrogens with zero attached hydrogens (tertiary/aromatic N) is 1. The Kier molecular flexibility index (Phi) is 1.70. The van der Waals surface area contributed by atoms with E-state index in [1.165, 1.54) is 5.56 Å². The molecule has 1 fully saturated rings. The summed E-state index contributed by atoms with van der Waals surface area (Å²) in [4.78, 5) is 4.41. The summed E-state index contributed by atoms with van der Waals surface area (Å²) in [6.07, 6.45) is 1.91. The molecular formula is C11H16N2. The van der Waals surface area contributed by atoms with Crippen molar-refractivity contribution >= 4 is 0 Å². The first-order chi connectivity index (χ1) is 6.03. The Morgan fingerprint density at radius 1 is 1.38 bits per heavy atom. The van der Waals surface area contributed by atoms with Gasteiger partial charge >= 0.3 is 0 Å². The summed E-state index contributed by atoms with van der Waals surface area (Å²) in [5.41, 5.74) is 8.56. The van der Waals surface area contributed by atoms with Gasteiger partial charge in [0.1, 0.15) is 0 Å². The summed E-state index contributed by atoms with van der Waals surface area (Å²) < 4.78 is 0. The summed E-state index contributed by atoms with van der Waals surface area (Å²) in [6.45, 7) is 6.45. The van der Waals surface area contributed by atoms with Crippen LogP contribution >= 0.6 is 0 Å². The van der Waals surface area contributed by atoms with Crippen LogP contribution in [0.25, 0.3) is 0 Å². The lowest BCUT2D eigenvalue weighted by Gasteiger charge is -2.01. The molecule has 1 aliphatic rings. The molecule has 0 bridgehead atoms. The molecule has 2 unspecified atom stereocenters. The number of rotatable bonds is 1. The Balaban J connectivity index is 2.25. The first-order valence-electron chi connectivity index (χ1n) is 4.71. The molecule has 70 valence electrons. The molecule has 2 N–H and O–H groups in total. The largest absolute Gasteiger partial charge is 0.327 e. The van der Waals surface area contributed by atoms with E-state index in [-0.39, 0.29) is 11.5 Å². The molecule has 2 rings (SSSR count). The Morgan fingerprint density at radius 2 is 2.00 bits per heavy atom. The van der Waals surface area contributed by atoms with Crippen molar-refractivity contribution in [1.29, 1.82) is 0 Å². The normalized spacial score (nSPS) is 30.2. The number of hydrogen-bond acceptors (Lipinski definition) is 2. The highest BCUT2D eigenvalue weighted by molar-refractivity contribution is 5.29. The van der Waals surface area contributed by atoms with Gasteiger partial charge in [-0.05, 0) is 24.0 Å². The molecule has 1 aliphatic carbocycles. The smallest absolute Gasteiger partial charge is 0.0456 e. The van der Waals surface area contributed by atoms with Crippen LogP contribution in [0.15, 0.2) is 18.3 Å². The van der Waals surface area contributed by atoms with Gasteiger partial charge in [-0.15, -0.1) is 0 Å². The molecule has 0 spiro atoms. The average Bonchev–Trinajstić information content (AvgIpc) is 2.55. The van der Waals surface area contributed by atoms with E-state index >= 15 is 0 Å². The third kappa shape index (κ3) is 1.25. The maximum Gasteiger partial charge on any atom is 0.0456 e. The van der Waals surface area contributed by atoms with E-state index in [0.29, 0.717) is 5.92 Å². The molecule has 0 amide bonds. The molecule has 1 saturated carbocycles. The Morgan fingerprint density at radius 3 is 2.38 bits per heavy atom. The van der Waals surface area contributed by atoms with Crippen molar-refractivity contribution in [2.45, 2.75) is 32.7 Å². The highest BCUT2D eigenvalue weighted by Crippen LogP contribution is 2.56. The molecule has 0 aromatic carbocycles. The zero-order valence-electron chi connectivity index (χ0n) is 8.41. The van der Waals surface area contributed by atoms with Crippen molar-refractivity contribution in [1.82, 2.24) is 4.98 Å². The fraction of sp³-hybridized carbons (Fsp3) is 0.545. The van der Waals surface area contributed by atoms with Crippen LogP contribution in [0, 0.1) is 12.3 Å². The molecule has 13 heavy (non-hydrogen) atoms. The highest BCUT2D eigenvalue weighted by atomic mass is 14.9. The first-order valence-corrected chi connectivity index (χ1v) is 4.71. The number of aromatic nitrogens is 1. The van der Waals surface area contributed by atoms with Crippen LogP contribution < -0.4 is 5.73 Å². The van der Waals surface area contributed by atoms with Gasteiger partial charge in [-0.2, -0.15) is 0 Å². The molecule has 0 saturated heterocycles. The number of aryl methyl sites for hydroxylation is 1. The van der Waals surface area contributed by atoms with Gasteiger partial charge in [0.15, 0.2) is 0 Å². The molecule has 1 aromatic heterocycles. The van der Waals surface area contributed by atoms with E-state index in [1.54, 1.807) is 0 Å². The summed E-state index contributed by atoms with van der Waals surface area (Å²) in [5.74, 6) is 0.452. The van der Waals surface area contributed by atoms with Gasteiger partial charge in [0.25, 0.3) is 0 Å². The van der Waals surface area contributed by atoms with Gasteiger partial charge in [-0.25, -0.2) is 0 Å². The first kappa shape index (κ1) is 8.70. The van der Waals surface area contributed by atoms with Gasteiger partial charge in [0, 0.05) is 23.9 Å².